The molecule has 2 atom stereocenters. The van der Waals surface area contributed by atoms with Gasteiger partial charge in [-0.1, -0.05) is 6.92 Å². The van der Waals surface area contributed by atoms with Crippen molar-refractivity contribution in [3.8, 4) is 10.6 Å². The van der Waals surface area contributed by atoms with E-state index in [9.17, 15) is 8.42 Å². The molecule has 22 heavy (non-hydrogen) atoms. The number of rotatable bonds is 4. The summed E-state index contributed by atoms with van der Waals surface area (Å²) in [6.07, 6.45) is 0.823. The highest BCUT2D eigenvalue weighted by Crippen LogP contribution is 2.31. The molecular formula is C14H19N3O2S3. The van der Waals surface area contributed by atoms with Crippen LogP contribution in [0.15, 0.2) is 21.7 Å². The molecule has 2 aromatic heterocycles. The van der Waals surface area contributed by atoms with Gasteiger partial charge >= 0.3 is 0 Å². The first-order valence-electron chi connectivity index (χ1n) is 7.21. The molecule has 3 rings (SSSR count). The third-order valence-electron chi connectivity index (χ3n) is 3.81. The lowest BCUT2D eigenvalue weighted by atomic mass is 9.97. The van der Waals surface area contributed by atoms with Crippen LogP contribution in [-0.2, 0) is 10.0 Å². The molecule has 0 radical (unpaired) electrons. The second kappa shape index (κ2) is 6.37. The van der Waals surface area contributed by atoms with E-state index in [4.69, 9.17) is 0 Å². The van der Waals surface area contributed by atoms with Gasteiger partial charge in [0.05, 0.1) is 15.6 Å². The Bertz CT molecular complexity index is 751. The van der Waals surface area contributed by atoms with Crippen LogP contribution >= 0.6 is 22.7 Å². The lowest BCUT2D eigenvalue weighted by Gasteiger charge is -2.29. The second-order valence-corrected chi connectivity index (χ2v) is 9.66. The van der Waals surface area contributed by atoms with Crippen LogP contribution in [0.25, 0.3) is 10.6 Å². The Hall–Kier alpha value is -0.800. The molecule has 1 aliphatic rings. The Kier molecular flexibility index (Phi) is 4.65. The molecule has 0 saturated carbocycles. The number of nitrogens with zero attached hydrogens (tertiary/aromatic N) is 1. The van der Waals surface area contributed by atoms with Gasteiger partial charge in [0, 0.05) is 11.4 Å². The van der Waals surface area contributed by atoms with E-state index >= 15 is 0 Å². The van der Waals surface area contributed by atoms with Crippen molar-refractivity contribution in [3.63, 3.8) is 0 Å². The summed E-state index contributed by atoms with van der Waals surface area (Å²) < 4.78 is 28.3. The predicted octanol–water partition coefficient (Wildman–Crippen LogP) is 2.46. The summed E-state index contributed by atoms with van der Waals surface area (Å²) in [6, 6.07) is 3.50. The first-order chi connectivity index (χ1) is 10.5. The maximum absolute atomic E-state index is 12.6. The number of hydrogen-bond donors (Lipinski definition) is 2. The number of aryl methyl sites for hydroxylation is 1. The molecule has 2 aromatic rings. The Morgan fingerprint density at radius 3 is 2.91 bits per heavy atom. The quantitative estimate of drug-likeness (QED) is 0.882. The van der Waals surface area contributed by atoms with Crippen LogP contribution in [0.1, 0.15) is 18.4 Å². The van der Waals surface area contributed by atoms with Crippen molar-refractivity contribution in [3.05, 3.63) is 22.5 Å². The summed E-state index contributed by atoms with van der Waals surface area (Å²) in [4.78, 5) is 5.30. The molecule has 0 amide bonds. The number of aromatic nitrogens is 1. The molecule has 3 heterocycles. The molecule has 0 bridgehead atoms. The van der Waals surface area contributed by atoms with Gasteiger partial charge in [0.1, 0.15) is 4.21 Å². The zero-order valence-corrected chi connectivity index (χ0v) is 14.9. The van der Waals surface area contributed by atoms with Gasteiger partial charge in [-0.05, 0) is 44.5 Å². The minimum atomic E-state index is -3.46. The molecule has 5 nitrogen and oxygen atoms in total. The lowest BCUT2D eigenvalue weighted by Crippen LogP contribution is -2.48. The summed E-state index contributed by atoms with van der Waals surface area (Å²) in [5.41, 5.74) is 0.851. The molecule has 1 aliphatic heterocycles. The van der Waals surface area contributed by atoms with Crippen LogP contribution in [0.2, 0.25) is 0 Å². The fourth-order valence-corrected chi connectivity index (χ4v) is 5.88. The molecule has 0 aliphatic carbocycles. The standard InChI is InChI=1S/C14H19N3O2S3/c1-9-7-15-6-5-11(9)17-22(18,19)14-4-3-13(21-14)12-8-20-10(2)16-12/h3-4,8-9,11,15,17H,5-7H2,1-2H3. The van der Waals surface area contributed by atoms with E-state index in [-0.39, 0.29) is 6.04 Å². The average Bonchev–Trinajstić information content (AvgIpc) is 3.10. The Morgan fingerprint density at radius 2 is 2.23 bits per heavy atom. The predicted molar refractivity (Wildman–Crippen MR) is 90.9 cm³/mol. The minimum absolute atomic E-state index is 0.00156. The highest BCUT2D eigenvalue weighted by atomic mass is 32.2. The van der Waals surface area contributed by atoms with E-state index in [2.05, 4.69) is 21.9 Å². The summed E-state index contributed by atoms with van der Waals surface area (Å²) in [7, 11) is -3.46. The van der Waals surface area contributed by atoms with Crippen LogP contribution in [-0.4, -0.2) is 32.5 Å². The average molecular weight is 358 g/mol. The van der Waals surface area contributed by atoms with Crippen molar-refractivity contribution in [1.29, 1.82) is 0 Å². The van der Waals surface area contributed by atoms with Crippen molar-refractivity contribution < 1.29 is 8.42 Å². The zero-order valence-electron chi connectivity index (χ0n) is 12.5. The molecule has 8 heteroatoms. The van der Waals surface area contributed by atoms with Crippen molar-refractivity contribution >= 4 is 32.7 Å². The van der Waals surface area contributed by atoms with Crippen molar-refractivity contribution in [1.82, 2.24) is 15.0 Å². The Labute approximate surface area is 138 Å². The normalized spacial score (nSPS) is 22.8. The molecule has 0 aromatic carbocycles. The molecule has 2 unspecified atom stereocenters. The number of thiophene rings is 1. The fraction of sp³-hybridized carbons (Fsp3) is 0.500. The smallest absolute Gasteiger partial charge is 0.250 e. The maximum atomic E-state index is 12.6. The highest BCUT2D eigenvalue weighted by molar-refractivity contribution is 7.91. The monoisotopic (exact) mass is 357 g/mol. The van der Waals surface area contributed by atoms with Crippen molar-refractivity contribution in [2.75, 3.05) is 13.1 Å². The summed E-state index contributed by atoms with van der Waals surface area (Å²) in [5, 5.41) is 6.22. The molecule has 1 saturated heterocycles. The molecule has 0 spiro atoms. The third-order valence-corrected chi connectivity index (χ3v) is 7.67. The van der Waals surface area contributed by atoms with Gasteiger partial charge in [-0.25, -0.2) is 18.1 Å². The van der Waals surface area contributed by atoms with E-state index < -0.39 is 10.0 Å². The molecule has 120 valence electrons. The fourth-order valence-electron chi connectivity index (χ4n) is 2.53. The highest BCUT2D eigenvalue weighted by Gasteiger charge is 2.27. The van der Waals surface area contributed by atoms with Crippen LogP contribution in [0.3, 0.4) is 0 Å². The lowest BCUT2D eigenvalue weighted by molar-refractivity contribution is 0.328. The van der Waals surface area contributed by atoms with Gasteiger partial charge in [-0.15, -0.1) is 22.7 Å². The summed E-state index contributed by atoms with van der Waals surface area (Å²) in [5.74, 6) is 0.296. The first kappa shape index (κ1) is 16.1. The largest absolute Gasteiger partial charge is 0.316 e. The summed E-state index contributed by atoms with van der Waals surface area (Å²) >= 11 is 2.84. The van der Waals surface area contributed by atoms with E-state index in [1.807, 2.05) is 18.4 Å². The van der Waals surface area contributed by atoms with Gasteiger partial charge in [0.2, 0.25) is 10.0 Å². The van der Waals surface area contributed by atoms with E-state index in [0.29, 0.717) is 10.1 Å². The van der Waals surface area contributed by atoms with Crippen LogP contribution in [0.4, 0.5) is 0 Å². The topological polar surface area (TPSA) is 71.1 Å². The van der Waals surface area contributed by atoms with E-state index in [1.165, 1.54) is 11.3 Å². The zero-order chi connectivity index (χ0) is 15.7. The number of piperidine rings is 1. The van der Waals surface area contributed by atoms with Gasteiger partial charge in [-0.2, -0.15) is 0 Å². The number of nitrogens with one attached hydrogen (secondary N) is 2. The Balaban J connectivity index is 1.79. The number of sulfonamides is 1. The van der Waals surface area contributed by atoms with Crippen molar-refractivity contribution in [2.45, 2.75) is 30.5 Å². The molecule has 2 N–H and O–H groups in total. The van der Waals surface area contributed by atoms with E-state index in [0.717, 1.165) is 35.1 Å². The number of hydrogen-bond acceptors (Lipinski definition) is 6. The van der Waals surface area contributed by atoms with Crippen LogP contribution in [0, 0.1) is 12.8 Å². The maximum Gasteiger partial charge on any atom is 0.250 e. The van der Waals surface area contributed by atoms with Crippen molar-refractivity contribution in [2.24, 2.45) is 5.92 Å². The SMILES string of the molecule is Cc1nc(-c2ccc(S(=O)(=O)NC3CCNCC3C)s2)cs1. The second-order valence-electron chi connectivity index (χ2n) is 5.57. The van der Waals surface area contributed by atoms with Crippen LogP contribution in [0.5, 0.6) is 0 Å². The van der Waals surface area contributed by atoms with Gasteiger partial charge in [0.15, 0.2) is 0 Å². The molecule has 1 fully saturated rings. The summed E-state index contributed by atoms with van der Waals surface area (Å²) in [6.45, 7) is 5.71. The van der Waals surface area contributed by atoms with Gasteiger partial charge in [-0.3, -0.25) is 0 Å². The number of thiazole rings is 1. The van der Waals surface area contributed by atoms with E-state index in [1.54, 1.807) is 17.4 Å². The van der Waals surface area contributed by atoms with Crippen LogP contribution < -0.4 is 10.0 Å². The van der Waals surface area contributed by atoms with Gasteiger partial charge in [0.25, 0.3) is 0 Å². The minimum Gasteiger partial charge on any atom is -0.316 e. The van der Waals surface area contributed by atoms with Gasteiger partial charge < -0.3 is 5.32 Å². The first-order valence-corrected chi connectivity index (χ1v) is 10.4. The third kappa shape index (κ3) is 3.41. The molecular weight excluding hydrogens is 338 g/mol. The Morgan fingerprint density at radius 1 is 1.41 bits per heavy atom.